The second-order valence-corrected chi connectivity index (χ2v) is 5.43. The number of carbonyl (C=O) groups is 2. The third kappa shape index (κ3) is 2.75. The molecule has 7 nitrogen and oxygen atoms in total. The molecule has 0 bridgehead atoms. The Morgan fingerprint density at radius 3 is 3.19 bits per heavy atom. The molecule has 1 aromatic heterocycles. The number of hydrogen-bond donors (Lipinski definition) is 2. The van der Waals surface area contributed by atoms with E-state index >= 15 is 0 Å². The number of thioether (sulfide) groups is 1. The highest BCUT2D eigenvalue weighted by molar-refractivity contribution is 7.98. The van der Waals surface area contributed by atoms with Crippen molar-refractivity contribution < 1.29 is 9.59 Å². The largest absolute Gasteiger partial charge is 0.324 e. The first kappa shape index (κ1) is 13.6. The summed E-state index contributed by atoms with van der Waals surface area (Å²) in [5, 5.41) is 12.9. The van der Waals surface area contributed by atoms with Gasteiger partial charge in [-0.3, -0.25) is 19.5 Å². The van der Waals surface area contributed by atoms with Crippen LogP contribution in [-0.2, 0) is 9.59 Å². The Morgan fingerprint density at radius 1 is 1.52 bits per heavy atom. The Balaban J connectivity index is 1.81. The van der Waals surface area contributed by atoms with Gasteiger partial charge in [-0.1, -0.05) is 6.07 Å². The van der Waals surface area contributed by atoms with Gasteiger partial charge >= 0.3 is 0 Å². The number of aromatic nitrogens is 3. The van der Waals surface area contributed by atoms with Crippen LogP contribution in [0.25, 0.3) is 0 Å². The zero-order valence-electron chi connectivity index (χ0n) is 11.2. The van der Waals surface area contributed by atoms with Gasteiger partial charge in [0.05, 0.1) is 6.42 Å². The fraction of sp³-hybridized carbons (Fsp3) is 0.231. The molecule has 0 saturated carbocycles. The van der Waals surface area contributed by atoms with Crippen molar-refractivity contribution in [2.75, 3.05) is 16.9 Å². The van der Waals surface area contributed by atoms with E-state index in [4.69, 9.17) is 0 Å². The minimum absolute atomic E-state index is 0.0685. The van der Waals surface area contributed by atoms with Gasteiger partial charge in [0, 0.05) is 10.6 Å². The van der Waals surface area contributed by atoms with E-state index in [1.54, 1.807) is 16.3 Å². The van der Waals surface area contributed by atoms with E-state index in [1.165, 1.54) is 6.33 Å². The van der Waals surface area contributed by atoms with Crippen LogP contribution in [0.2, 0.25) is 0 Å². The number of rotatable bonds is 3. The Bertz CT molecular complexity index is 699. The van der Waals surface area contributed by atoms with Gasteiger partial charge < -0.3 is 5.32 Å². The quantitative estimate of drug-likeness (QED) is 0.839. The molecular formula is C13H13N5O2S. The van der Waals surface area contributed by atoms with Crippen LogP contribution in [0.5, 0.6) is 0 Å². The smallest absolute Gasteiger partial charge is 0.248 e. The van der Waals surface area contributed by atoms with Gasteiger partial charge in [-0.05, 0) is 24.5 Å². The van der Waals surface area contributed by atoms with E-state index in [0.29, 0.717) is 11.6 Å². The van der Waals surface area contributed by atoms with Crippen molar-refractivity contribution in [1.29, 1.82) is 0 Å². The number of benzene rings is 1. The molecule has 108 valence electrons. The van der Waals surface area contributed by atoms with Gasteiger partial charge in [0.1, 0.15) is 12.4 Å². The summed E-state index contributed by atoms with van der Waals surface area (Å²) in [6, 6.07) is 6.90. The summed E-state index contributed by atoms with van der Waals surface area (Å²) in [7, 11) is 0. The van der Waals surface area contributed by atoms with E-state index < -0.39 is 6.04 Å². The lowest BCUT2D eigenvalue weighted by Crippen LogP contribution is -2.35. The van der Waals surface area contributed by atoms with Crippen LogP contribution < -0.4 is 10.6 Å². The van der Waals surface area contributed by atoms with Crippen LogP contribution in [0.3, 0.4) is 0 Å². The van der Waals surface area contributed by atoms with Gasteiger partial charge in [-0.15, -0.1) is 22.0 Å². The van der Waals surface area contributed by atoms with Crippen LogP contribution in [0.4, 0.5) is 11.6 Å². The van der Waals surface area contributed by atoms with E-state index in [0.717, 1.165) is 4.90 Å². The SMILES string of the molecule is CSc1cccc(NC(=O)C2CC(=O)Nc3nncn32)c1. The molecule has 0 radical (unpaired) electrons. The Labute approximate surface area is 125 Å². The molecular weight excluding hydrogens is 290 g/mol. The molecule has 1 atom stereocenters. The second kappa shape index (κ2) is 5.57. The van der Waals surface area contributed by atoms with Gasteiger partial charge in [-0.2, -0.15) is 0 Å². The maximum absolute atomic E-state index is 12.4. The maximum Gasteiger partial charge on any atom is 0.248 e. The Kier molecular flexibility index (Phi) is 3.61. The average Bonchev–Trinajstić information content (AvgIpc) is 2.94. The van der Waals surface area contributed by atoms with Crippen LogP contribution in [0.1, 0.15) is 12.5 Å². The lowest BCUT2D eigenvalue weighted by atomic mass is 10.1. The van der Waals surface area contributed by atoms with Gasteiger partial charge in [0.15, 0.2) is 0 Å². The highest BCUT2D eigenvalue weighted by atomic mass is 32.2. The molecule has 1 unspecified atom stereocenters. The van der Waals surface area contributed by atoms with Gasteiger partial charge in [-0.25, -0.2) is 0 Å². The van der Waals surface area contributed by atoms with Crippen molar-refractivity contribution in [3.63, 3.8) is 0 Å². The summed E-state index contributed by atoms with van der Waals surface area (Å²) in [5.74, 6) is -0.207. The molecule has 3 rings (SSSR count). The zero-order chi connectivity index (χ0) is 14.8. The molecule has 8 heteroatoms. The van der Waals surface area contributed by atoms with Crippen molar-refractivity contribution in [2.24, 2.45) is 0 Å². The Morgan fingerprint density at radius 2 is 2.38 bits per heavy atom. The average molecular weight is 303 g/mol. The number of nitrogens with zero attached hydrogens (tertiary/aromatic N) is 3. The molecule has 0 aliphatic carbocycles. The summed E-state index contributed by atoms with van der Waals surface area (Å²) in [5.41, 5.74) is 0.701. The number of nitrogens with one attached hydrogen (secondary N) is 2. The van der Waals surface area contributed by atoms with Crippen LogP contribution >= 0.6 is 11.8 Å². The van der Waals surface area contributed by atoms with Gasteiger partial charge in [0.2, 0.25) is 17.8 Å². The molecule has 2 amide bonds. The molecule has 21 heavy (non-hydrogen) atoms. The lowest BCUT2D eigenvalue weighted by Gasteiger charge is -2.23. The topological polar surface area (TPSA) is 88.9 Å². The van der Waals surface area contributed by atoms with Crippen molar-refractivity contribution in [3.05, 3.63) is 30.6 Å². The van der Waals surface area contributed by atoms with Crippen molar-refractivity contribution in [3.8, 4) is 0 Å². The van der Waals surface area contributed by atoms with E-state index in [2.05, 4.69) is 20.8 Å². The first-order valence-electron chi connectivity index (χ1n) is 6.31. The predicted octanol–water partition coefficient (Wildman–Crippen LogP) is 1.52. The number of carbonyl (C=O) groups excluding carboxylic acids is 2. The molecule has 2 aromatic rings. The molecule has 0 spiro atoms. The Hall–Kier alpha value is -2.35. The van der Waals surface area contributed by atoms with Crippen molar-refractivity contribution in [2.45, 2.75) is 17.4 Å². The minimum atomic E-state index is -0.637. The highest BCUT2D eigenvalue weighted by Crippen LogP contribution is 2.25. The predicted molar refractivity (Wildman–Crippen MR) is 79.2 cm³/mol. The summed E-state index contributed by atoms with van der Waals surface area (Å²) < 4.78 is 1.56. The molecule has 1 aromatic carbocycles. The van der Waals surface area contributed by atoms with Crippen LogP contribution in [0, 0.1) is 0 Å². The molecule has 0 saturated heterocycles. The van der Waals surface area contributed by atoms with Crippen molar-refractivity contribution in [1.82, 2.24) is 14.8 Å². The summed E-state index contributed by atoms with van der Waals surface area (Å²) in [6.07, 6.45) is 3.48. The van der Waals surface area contributed by atoms with Crippen LogP contribution in [-0.4, -0.2) is 32.8 Å². The molecule has 1 aliphatic heterocycles. The third-order valence-electron chi connectivity index (χ3n) is 3.18. The zero-order valence-corrected chi connectivity index (χ0v) is 12.1. The molecule has 1 aliphatic rings. The normalized spacial score (nSPS) is 17.0. The summed E-state index contributed by atoms with van der Waals surface area (Å²) in [6.45, 7) is 0. The standard InChI is InChI=1S/C13H13N5O2S/c1-21-9-4-2-3-8(5-9)15-12(20)10-6-11(19)16-13-17-14-7-18(10)13/h2-5,7,10H,6H2,1H3,(H,15,20)(H,16,17,19). The van der Waals surface area contributed by atoms with E-state index in [9.17, 15) is 9.59 Å². The first-order valence-corrected chi connectivity index (χ1v) is 7.54. The second-order valence-electron chi connectivity index (χ2n) is 4.55. The van der Waals surface area contributed by atoms with E-state index in [1.807, 2.05) is 30.5 Å². The van der Waals surface area contributed by atoms with Gasteiger partial charge in [0.25, 0.3) is 0 Å². The maximum atomic E-state index is 12.4. The summed E-state index contributed by atoms with van der Waals surface area (Å²) >= 11 is 1.60. The van der Waals surface area contributed by atoms with Crippen molar-refractivity contribution >= 4 is 35.2 Å². The monoisotopic (exact) mass is 303 g/mol. The molecule has 2 heterocycles. The number of fused-ring (bicyclic) bond motifs is 1. The number of hydrogen-bond acceptors (Lipinski definition) is 5. The lowest BCUT2D eigenvalue weighted by molar-refractivity contribution is -0.125. The summed E-state index contributed by atoms with van der Waals surface area (Å²) in [4.78, 5) is 25.1. The third-order valence-corrected chi connectivity index (χ3v) is 3.90. The fourth-order valence-electron chi connectivity index (χ4n) is 2.16. The molecule has 2 N–H and O–H groups in total. The minimum Gasteiger partial charge on any atom is -0.324 e. The van der Waals surface area contributed by atoms with Crippen LogP contribution in [0.15, 0.2) is 35.5 Å². The first-order chi connectivity index (χ1) is 10.2. The highest BCUT2D eigenvalue weighted by Gasteiger charge is 2.31. The van der Waals surface area contributed by atoms with E-state index in [-0.39, 0.29) is 18.2 Å². The number of anilines is 2. The molecule has 0 fully saturated rings. The number of amides is 2. The fourth-order valence-corrected chi connectivity index (χ4v) is 2.61.